The monoisotopic (exact) mass is 315 g/mol. The second-order valence-corrected chi connectivity index (χ2v) is 6.40. The summed E-state index contributed by atoms with van der Waals surface area (Å²) in [5, 5.41) is 5.09. The zero-order valence-electron chi connectivity index (χ0n) is 12.6. The first kappa shape index (κ1) is 14.9. The van der Waals surface area contributed by atoms with Crippen LogP contribution in [0.4, 0.5) is 10.5 Å². The second-order valence-electron chi connectivity index (χ2n) is 5.37. The van der Waals surface area contributed by atoms with Crippen LogP contribution in [-0.4, -0.2) is 43.7 Å². The molecule has 1 saturated heterocycles. The Morgan fingerprint density at radius 2 is 1.82 bits per heavy atom. The van der Waals surface area contributed by atoms with Crippen LogP contribution in [-0.2, 0) is 6.42 Å². The van der Waals surface area contributed by atoms with Crippen molar-refractivity contribution in [3.05, 3.63) is 52.7 Å². The average Bonchev–Trinajstić information content (AvgIpc) is 3.09. The first-order chi connectivity index (χ1) is 10.8. The molecule has 1 N–H and O–H groups in total. The number of nitrogens with one attached hydrogen (secondary N) is 1. The molecule has 2 amide bonds. The average molecular weight is 315 g/mol. The number of benzene rings is 1. The maximum Gasteiger partial charge on any atom is 0.317 e. The predicted octanol–water partition coefficient (Wildman–Crippen LogP) is 2.82. The van der Waals surface area contributed by atoms with Gasteiger partial charge in [0.15, 0.2) is 0 Å². The summed E-state index contributed by atoms with van der Waals surface area (Å²) in [6, 6.07) is 14.6. The summed E-state index contributed by atoms with van der Waals surface area (Å²) < 4.78 is 0. The number of urea groups is 1. The molecule has 1 fully saturated rings. The lowest BCUT2D eigenvalue weighted by atomic mass is 10.2. The Bertz CT molecular complexity index is 577. The Morgan fingerprint density at radius 3 is 2.50 bits per heavy atom. The first-order valence-corrected chi connectivity index (χ1v) is 8.56. The molecule has 2 heterocycles. The van der Waals surface area contributed by atoms with Crippen LogP contribution in [0.1, 0.15) is 4.88 Å². The molecule has 0 unspecified atom stereocenters. The minimum atomic E-state index is 0.0595. The van der Waals surface area contributed by atoms with Crippen LogP contribution in [0, 0.1) is 0 Å². The molecule has 0 radical (unpaired) electrons. The molecular formula is C17H21N3OS. The van der Waals surface area contributed by atoms with Gasteiger partial charge in [-0.3, -0.25) is 0 Å². The molecule has 4 nitrogen and oxygen atoms in total. The predicted molar refractivity (Wildman–Crippen MR) is 91.6 cm³/mol. The van der Waals surface area contributed by atoms with E-state index in [1.54, 1.807) is 11.3 Å². The van der Waals surface area contributed by atoms with E-state index in [4.69, 9.17) is 0 Å². The first-order valence-electron chi connectivity index (χ1n) is 7.68. The molecule has 0 spiro atoms. The van der Waals surface area contributed by atoms with E-state index in [-0.39, 0.29) is 6.03 Å². The number of para-hydroxylation sites is 1. The van der Waals surface area contributed by atoms with Gasteiger partial charge >= 0.3 is 6.03 Å². The number of carbonyl (C=O) groups excluding carboxylic acids is 1. The molecule has 0 bridgehead atoms. The molecule has 1 aliphatic heterocycles. The van der Waals surface area contributed by atoms with Gasteiger partial charge in [0.25, 0.3) is 0 Å². The summed E-state index contributed by atoms with van der Waals surface area (Å²) in [6.45, 7) is 4.04. The smallest absolute Gasteiger partial charge is 0.317 e. The number of amides is 2. The van der Waals surface area contributed by atoms with Crippen molar-refractivity contribution in [1.82, 2.24) is 10.2 Å². The van der Waals surface area contributed by atoms with Crippen molar-refractivity contribution in [2.24, 2.45) is 0 Å². The minimum absolute atomic E-state index is 0.0595. The highest BCUT2D eigenvalue weighted by Crippen LogP contribution is 2.15. The number of rotatable bonds is 4. The van der Waals surface area contributed by atoms with Gasteiger partial charge < -0.3 is 15.1 Å². The largest absolute Gasteiger partial charge is 0.368 e. The van der Waals surface area contributed by atoms with Gasteiger partial charge in [-0.15, -0.1) is 11.3 Å². The van der Waals surface area contributed by atoms with E-state index in [0.29, 0.717) is 6.54 Å². The maximum atomic E-state index is 12.2. The molecule has 3 rings (SSSR count). The van der Waals surface area contributed by atoms with Crippen molar-refractivity contribution in [2.45, 2.75) is 6.42 Å². The summed E-state index contributed by atoms with van der Waals surface area (Å²) in [7, 11) is 0. The highest BCUT2D eigenvalue weighted by molar-refractivity contribution is 7.09. The topological polar surface area (TPSA) is 35.6 Å². The molecule has 1 aromatic heterocycles. The number of carbonyl (C=O) groups is 1. The van der Waals surface area contributed by atoms with Crippen LogP contribution in [0.15, 0.2) is 47.8 Å². The van der Waals surface area contributed by atoms with Crippen LogP contribution in [0.2, 0.25) is 0 Å². The fraction of sp³-hybridized carbons (Fsp3) is 0.353. The number of hydrogen-bond acceptors (Lipinski definition) is 3. The Balaban J connectivity index is 1.42. The van der Waals surface area contributed by atoms with E-state index in [9.17, 15) is 4.79 Å². The van der Waals surface area contributed by atoms with Crippen LogP contribution in [0.3, 0.4) is 0 Å². The fourth-order valence-electron chi connectivity index (χ4n) is 2.67. The van der Waals surface area contributed by atoms with E-state index in [2.05, 4.69) is 45.9 Å². The summed E-state index contributed by atoms with van der Waals surface area (Å²) >= 11 is 1.74. The summed E-state index contributed by atoms with van der Waals surface area (Å²) in [4.78, 5) is 17.7. The number of nitrogens with zero attached hydrogens (tertiary/aromatic N) is 2. The van der Waals surface area contributed by atoms with Crippen LogP contribution >= 0.6 is 11.3 Å². The highest BCUT2D eigenvalue weighted by atomic mass is 32.1. The van der Waals surface area contributed by atoms with Gasteiger partial charge in [-0.05, 0) is 30.0 Å². The van der Waals surface area contributed by atoms with Crippen LogP contribution in [0.25, 0.3) is 0 Å². The van der Waals surface area contributed by atoms with Gasteiger partial charge in [0.05, 0.1) is 0 Å². The maximum absolute atomic E-state index is 12.2. The van der Waals surface area contributed by atoms with E-state index < -0.39 is 0 Å². The molecular weight excluding hydrogens is 294 g/mol. The van der Waals surface area contributed by atoms with E-state index in [1.807, 2.05) is 17.0 Å². The van der Waals surface area contributed by atoms with Gasteiger partial charge in [-0.1, -0.05) is 24.3 Å². The van der Waals surface area contributed by atoms with Crippen molar-refractivity contribution in [3.63, 3.8) is 0 Å². The van der Waals surface area contributed by atoms with Crippen molar-refractivity contribution in [1.29, 1.82) is 0 Å². The molecule has 0 aliphatic carbocycles. The molecule has 0 atom stereocenters. The zero-order valence-corrected chi connectivity index (χ0v) is 13.4. The van der Waals surface area contributed by atoms with Gasteiger partial charge in [-0.25, -0.2) is 4.79 Å². The normalized spacial score (nSPS) is 14.9. The van der Waals surface area contributed by atoms with Gasteiger partial charge in [0, 0.05) is 43.3 Å². The SMILES string of the molecule is O=C(NCCc1cccs1)N1CCN(c2ccccc2)CC1. The quantitative estimate of drug-likeness (QED) is 0.942. The third kappa shape index (κ3) is 3.80. The molecule has 116 valence electrons. The van der Waals surface area contributed by atoms with Crippen molar-refractivity contribution in [2.75, 3.05) is 37.6 Å². The zero-order chi connectivity index (χ0) is 15.2. The molecule has 22 heavy (non-hydrogen) atoms. The Kier molecular flexibility index (Phi) is 4.96. The molecule has 0 saturated carbocycles. The molecule has 1 aliphatic rings. The number of hydrogen-bond donors (Lipinski definition) is 1. The van der Waals surface area contributed by atoms with E-state index in [0.717, 1.165) is 32.6 Å². The fourth-order valence-corrected chi connectivity index (χ4v) is 3.37. The summed E-state index contributed by atoms with van der Waals surface area (Å²) in [5.74, 6) is 0. The van der Waals surface area contributed by atoms with Gasteiger partial charge in [0.2, 0.25) is 0 Å². The standard InChI is InChI=1S/C17H21N3OS/c21-17(18-9-8-16-7-4-14-22-16)20-12-10-19(11-13-20)15-5-2-1-3-6-15/h1-7,14H,8-13H2,(H,18,21). The van der Waals surface area contributed by atoms with Gasteiger partial charge in [0.1, 0.15) is 0 Å². The number of anilines is 1. The van der Waals surface area contributed by atoms with E-state index >= 15 is 0 Å². The summed E-state index contributed by atoms with van der Waals surface area (Å²) in [5.41, 5.74) is 1.24. The lowest BCUT2D eigenvalue weighted by Crippen LogP contribution is -2.52. The third-order valence-electron chi connectivity index (χ3n) is 3.92. The number of thiophene rings is 1. The number of piperazine rings is 1. The molecule has 2 aromatic rings. The Morgan fingerprint density at radius 1 is 1.05 bits per heavy atom. The van der Waals surface area contributed by atoms with Gasteiger partial charge in [-0.2, -0.15) is 0 Å². The van der Waals surface area contributed by atoms with Crippen LogP contribution < -0.4 is 10.2 Å². The molecule has 5 heteroatoms. The second kappa shape index (κ2) is 7.31. The Hall–Kier alpha value is -2.01. The highest BCUT2D eigenvalue weighted by Gasteiger charge is 2.20. The molecule has 1 aromatic carbocycles. The Labute approximate surface area is 135 Å². The lowest BCUT2D eigenvalue weighted by molar-refractivity contribution is 0.194. The third-order valence-corrected chi connectivity index (χ3v) is 4.85. The van der Waals surface area contributed by atoms with Crippen molar-refractivity contribution in [3.8, 4) is 0 Å². The minimum Gasteiger partial charge on any atom is -0.368 e. The van der Waals surface area contributed by atoms with E-state index in [1.165, 1.54) is 10.6 Å². The summed E-state index contributed by atoms with van der Waals surface area (Å²) in [6.07, 6.45) is 0.910. The lowest BCUT2D eigenvalue weighted by Gasteiger charge is -2.36. The van der Waals surface area contributed by atoms with Crippen molar-refractivity contribution < 1.29 is 4.79 Å². The van der Waals surface area contributed by atoms with Crippen LogP contribution in [0.5, 0.6) is 0 Å². The van der Waals surface area contributed by atoms with Crippen molar-refractivity contribution >= 4 is 23.1 Å².